The number of rotatable bonds is 5. The lowest BCUT2D eigenvalue weighted by Crippen LogP contribution is -2.00. The van der Waals surface area contributed by atoms with Crippen LogP contribution in [0.3, 0.4) is 0 Å². The Bertz CT molecular complexity index is 396. The van der Waals surface area contributed by atoms with E-state index in [1.165, 1.54) is 4.88 Å². The molecule has 15 heavy (non-hydrogen) atoms. The van der Waals surface area contributed by atoms with Crippen molar-refractivity contribution in [2.75, 3.05) is 5.88 Å². The molecule has 0 amide bonds. The summed E-state index contributed by atoms with van der Waals surface area (Å²) in [5.41, 5.74) is 0.969. The second kappa shape index (κ2) is 5.28. The van der Waals surface area contributed by atoms with Gasteiger partial charge in [0.25, 0.3) is 0 Å². The summed E-state index contributed by atoms with van der Waals surface area (Å²) in [5, 5.41) is 10.2. The number of aryl methyl sites for hydroxylation is 3. The van der Waals surface area contributed by atoms with Gasteiger partial charge in [0.05, 0.1) is 5.69 Å². The van der Waals surface area contributed by atoms with Crippen LogP contribution in [-0.2, 0) is 19.4 Å². The highest BCUT2D eigenvalue weighted by Crippen LogP contribution is 2.09. The lowest BCUT2D eigenvalue weighted by Gasteiger charge is -1.96. The molecule has 0 aliphatic heterocycles. The van der Waals surface area contributed by atoms with E-state index in [1.54, 1.807) is 11.3 Å². The van der Waals surface area contributed by atoms with Gasteiger partial charge in [-0.15, -0.1) is 28.0 Å². The van der Waals surface area contributed by atoms with E-state index in [1.807, 2.05) is 10.9 Å². The van der Waals surface area contributed by atoms with Gasteiger partial charge in [-0.25, -0.2) is 0 Å². The lowest BCUT2D eigenvalue weighted by atomic mass is 10.3. The Kier molecular flexibility index (Phi) is 3.75. The van der Waals surface area contributed by atoms with Crippen molar-refractivity contribution in [3.63, 3.8) is 0 Å². The fourth-order valence-corrected chi connectivity index (χ4v) is 2.23. The minimum atomic E-state index is 0.601. The Morgan fingerprint density at radius 1 is 1.40 bits per heavy atom. The topological polar surface area (TPSA) is 30.7 Å². The van der Waals surface area contributed by atoms with E-state index in [9.17, 15) is 0 Å². The van der Waals surface area contributed by atoms with Crippen molar-refractivity contribution >= 4 is 22.9 Å². The molecule has 5 heteroatoms. The van der Waals surface area contributed by atoms with Gasteiger partial charge in [-0.05, 0) is 11.4 Å². The number of hydrogen-bond acceptors (Lipinski definition) is 3. The molecule has 3 nitrogen and oxygen atoms in total. The van der Waals surface area contributed by atoms with Crippen LogP contribution in [0, 0.1) is 0 Å². The number of halogens is 1. The van der Waals surface area contributed by atoms with Crippen molar-refractivity contribution in [3.05, 3.63) is 34.3 Å². The summed E-state index contributed by atoms with van der Waals surface area (Å²) in [4.78, 5) is 1.38. The molecule has 2 aromatic heterocycles. The first-order chi connectivity index (χ1) is 7.38. The molecule has 0 fully saturated rings. The largest absolute Gasteiger partial charge is 0.252 e. The standard InChI is InChI=1S/C10H12ClN3S/c11-5-3-9-8-14(13-12-9)6-4-10-2-1-7-15-10/h1-2,7-8H,3-6H2. The van der Waals surface area contributed by atoms with Gasteiger partial charge in [0, 0.05) is 36.3 Å². The van der Waals surface area contributed by atoms with E-state index in [-0.39, 0.29) is 0 Å². The highest BCUT2D eigenvalue weighted by molar-refractivity contribution is 7.09. The lowest BCUT2D eigenvalue weighted by molar-refractivity contribution is 0.592. The monoisotopic (exact) mass is 241 g/mol. The predicted octanol–water partition coefficient (Wildman–Crippen LogP) is 2.36. The summed E-state index contributed by atoms with van der Waals surface area (Å²) >= 11 is 7.40. The maximum absolute atomic E-state index is 5.63. The second-order valence-electron chi connectivity index (χ2n) is 3.24. The maximum atomic E-state index is 5.63. The van der Waals surface area contributed by atoms with Crippen molar-refractivity contribution in [1.29, 1.82) is 0 Å². The molecular formula is C10H12ClN3S. The van der Waals surface area contributed by atoms with E-state index >= 15 is 0 Å². The quantitative estimate of drug-likeness (QED) is 0.753. The maximum Gasteiger partial charge on any atom is 0.0839 e. The van der Waals surface area contributed by atoms with Crippen LogP contribution >= 0.6 is 22.9 Å². The highest BCUT2D eigenvalue weighted by atomic mass is 35.5. The van der Waals surface area contributed by atoms with Gasteiger partial charge in [0.15, 0.2) is 0 Å². The number of alkyl halides is 1. The number of aromatic nitrogens is 3. The van der Waals surface area contributed by atoms with Crippen molar-refractivity contribution in [1.82, 2.24) is 15.0 Å². The van der Waals surface area contributed by atoms with Crippen LogP contribution in [0.1, 0.15) is 10.6 Å². The Balaban J connectivity index is 1.88. The molecule has 80 valence electrons. The molecule has 0 aromatic carbocycles. The first-order valence-corrected chi connectivity index (χ1v) is 6.27. The van der Waals surface area contributed by atoms with E-state index in [0.29, 0.717) is 5.88 Å². The second-order valence-corrected chi connectivity index (χ2v) is 4.65. The summed E-state index contributed by atoms with van der Waals surface area (Å²) in [5.74, 6) is 0.601. The fraction of sp³-hybridized carbons (Fsp3) is 0.400. The summed E-state index contributed by atoms with van der Waals surface area (Å²) in [6.45, 7) is 0.885. The first-order valence-electron chi connectivity index (χ1n) is 4.86. The molecule has 0 saturated heterocycles. The summed E-state index contributed by atoms with van der Waals surface area (Å²) in [6, 6.07) is 4.21. The zero-order valence-corrected chi connectivity index (χ0v) is 9.84. The Labute approximate surface area is 97.7 Å². The molecule has 0 N–H and O–H groups in total. The SMILES string of the molecule is ClCCc1cn(CCc2cccs2)nn1. The Morgan fingerprint density at radius 3 is 3.07 bits per heavy atom. The van der Waals surface area contributed by atoms with E-state index in [0.717, 1.165) is 25.1 Å². The summed E-state index contributed by atoms with van der Waals surface area (Å²) in [7, 11) is 0. The molecule has 2 aromatic rings. The van der Waals surface area contributed by atoms with Crippen molar-refractivity contribution in [3.8, 4) is 0 Å². The summed E-state index contributed by atoms with van der Waals surface area (Å²) in [6.07, 6.45) is 3.78. The van der Waals surface area contributed by atoms with Crippen LogP contribution in [0.25, 0.3) is 0 Å². The van der Waals surface area contributed by atoms with Gasteiger partial charge in [-0.2, -0.15) is 0 Å². The van der Waals surface area contributed by atoms with Crippen LogP contribution < -0.4 is 0 Å². The molecule has 0 atom stereocenters. The van der Waals surface area contributed by atoms with Gasteiger partial charge in [-0.3, -0.25) is 4.68 Å². The van der Waals surface area contributed by atoms with Crippen LogP contribution in [0.4, 0.5) is 0 Å². The number of hydrogen-bond donors (Lipinski definition) is 0. The smallest absolute Gasteiger partial charge is 0.0839 e. The van der Waals surface area contributed by atoms with Crippen molar-refractivity contribution < 1.29 is 0 Å². The molecule has 0 unspecified atom stereocenters. The Hall–Kier alpha value is -0.870. The highest BCUT2D eigenvalue weighted by Gasteiger charge is 2.00. The molecule has 0 aliphatic rings. The molecule has 2 rings (SSSR count). The third-order valence-electron chi connectivity index (χ3n) is 2.10. The normalized spacial score (nSPS) is 10.7. The minimum Gasteiger partial charge on any atom is -0.252 e. The van der Waals surface area contributed by atoms with Gasteiger partial charge < -0.3 is 0 Å². The molecule has 0 saturated carbocycles. The number of nitrogens with zero attached hydrogens (tertiary/aromatic N) is 3. The minimum absolute atomic E-state index is 0.601. The van der Waals surface area contributed by atoms with Crippen molar-refractivity contribution in [2.24, 2.45) is 0 Å². The van der Waals surface area contributed by atoms with Crippen LogP contribution in [0.2, 0.25) is 0 Å². The zero-order valence-electron chi connectivity index (χ0n) is 8.27. The van der Waals surface area contributed by atoms with E-state index in [4.69, 9.17) is 11.6 Å². The third-order valence-corrected chi connectivity index (χ3v) is 3.23. The van der Waals surface area contributed by atoms with Gasteiger partial charge in [-0.1, -0.05) is 11.3 Å². The molecule has 2 heterocycles. The third kappa shape index (κ3) is 3.04. The van der Waals surface area contributed by atoms with Gasteiger partial charge in [0.2, 0.25) is 0 Å². The van der Waals surface area contributed by atoms with Gasteiger partial charge >= 0.3 is 0 Å². The fourth-order valence-electron chi connectivity index (χ4n) is 1.34. The molecule has 0 spiro atoms. The van der Waals surface area contributed by atoms with Gasteiger partial charge in [0.1, 0.15) is 0 Å². The average molecular weight is 242 g/mol. The zero-order chi connectivity index (χ0) is 10.5. The summed E-state index contributed by atoms with van der Waals surface area (Å²) < 4.78 is 1.88. The number of thiophene rings is 1. The molecule has 0 radical (unpaired) electrons. The predicted molar refractivity (Wildman–Crippen MR) is 62.5 cm³/mol. The van der Waals surface area contributed by atoms with Crippen LogP contribution in [-0.4, -0.2) is 20.9 Å². The van der Waals surface area contributed by atoms with E-state index in [2.05, 4.69) is 27.8 Å². The molecule has 0 bridgehead atoms. The van der Waals surface area contributed by atoms with Crippen LogP contribution in [0.15, 0.2) is 23.7 Å². The first kappa shape index (κ1) is 10.6. The van der Waals surface area contributed by atoms with Crippen molar-refractivity contribution in [2.45, 2.75) is 19.4 Å². The molecule has 0 aliphatic carbocycles. The average Bonchev–Trinajstić information content (AvgIpc) is 2.85. The Morgan fingerprint density at radius 2 is 2.33 bits per heavy atom. The van der Waals surface area contributed by atoms with Crippen LogP contribution in [0.5, 0.6) is 0 Å². The van der Waals surface area contributed by atoms with E-state index < -0.39 is 0 Å². The molecular weight excluding hydrogens is 230 g/mol.